The highest BCUT2D eigenvalue weighted by atomic mass is 35.5. The van der Waals surface area contributed by atoms with Gasteiger partial charge in [-0.15, -0.1) is 11.8 Å². The number of rotatable bonds is 9. The van der Waals surface area contributed by atoms with E-state index in [2.05, 4.69) is 10.3 Å². The van der Waals surface area contributed by atoms with Crippen molar-refractivity contribution in [3.8, 4) is 5.75 Å². The van der Waals surface area contributed by atoms with Crippen LogP contribution in [0.4, 0.5) is 0 Å². The number of halogens is 1. The molecule has 0 aromatic heterocycles. The van der Waals surface area contributed by atoms with Crippen molar-refractivity contribution in [2.45, 2.75) is 13.5 Å². The molecule has 0 aliphatic heterocycles. The first-order valence-corrected chi connectivity index (χ1v) is 9.25. The van der Waals surface area contributed by atoms with Crippen LogP contribution in [-0.4, -0.2) is 48.9 Å². The maximum atomic E-state index is 12.4. The van der Waals surface area contributed by atoms with Crippen molar-refractivity contribution in [2.24, 2.45) is 4.99 Å². The van der Waals surface area contributed by atoms with Crippen LogP contribution in [0, 0.1) is 0 Å². The summed E-state index contributed by atoms with van der Waals surface area (Å²) in [5.74, 6) is 1.20. The van der Waals surface area contributed by atoms with Crippen LogP contribution in [0.15, 0.2) is 40.9 Å². The first-order chi connectivity index (χ1) is 11.5. The number of benzene rings is 1. The predicted molar refractivity (Wildman–Crippen MR) is 103 cm³/mol. The number of nitrogens with one attached hydrogen (secondary N) is 1. The molecule has 132 valence electrons. The van der Waals surface area contributed by atoms with Crippen LogP contribution in [0.5, 0.6) is 5.75 Å². The summed E-state index contributed by atoms with van der Waals surface area (Å²) in [7, 11) is 3.37. The zero-order chi connectivity index (χ0) is 17.9. The van der Waals surface area contributed by atoms with E-state index in [1.165, 1.54) is 0 Å². The molecule has 1 aromatic carbocycles. The van der Waals surface area contributed by atoms with Gasteiger partial charge in [0.25, 0.3) is 5.91 Å². The Morgan fingerprint density at radius 1 is 1.42 bits per heavy atom. The maximum Gasteiger partial charge on any atom is 0.257 e. The van der Waals surface area contributed by atoms with E-state index in [9.17, 15) is 4.79 Å². The summed E-state index contributed by atoms with van der Waals surface area (Å²) in [6.45, 7) is 2.85. The second-order valence-corrected chi connectivity index (χ2v) is 6.20. The molecule has 0 saturated carbocycles. The lowest BCUT2D eigenvalue weighted by Gasteiger charge is -2.19. The van der Waals surface area contributed by atoms with E-state index >= 15 is 0 Å². The highest BCUT2D eigenvalue weighted by Gasteiger charge is 2.17. The molecule has 24 heavy (non-hydrogen) atoms. The number of amides is 1. The summed E-state index contributed by atoms with van der Waals surface area (Å²) in [6.07, 6.45) is 3.62. The molecule has 0 radical (unpaired) electrons. The molecule has 1 aromatic rings. The van der Waals surface area contributed by atoms with Gasteiger partial charge in [0.2, 0.25) is 0 Å². The largest absolute Gasteiger partial charge is 0.497 e. The van der Waals surface area contributed by atoms with E-state index in [1.54, 1.807) is 43.8 Å². The van der Waals surface area contributed by atoms with Crippen LogP contribution in [0.3, 0.4) is 0 Å². The van der Waals surface area contributed by atoms with Crippen LogP contribution in [0.1, 0.15) is 12.5 Å². The molecule has 1 amide bonds. The van der Waals surface area contributed by atoms with Gasteiger partial charge in [0, 0.05) is 13.6 Å². The summed E-state index contributed by atoms with van der Waals surface area (Å²) in [6, 6.07) is 7.78. The highest BCUT2D eigenvalue weighted by molar-refractivity contribution is 7.98. The van der Waals surface area contributed by atoms with Gasteiger partial charge in [0.1, 0.15) is 10.9 Å². The molecule has 1 rings (SSSR count). The smallest absolute Gasteiger partial charge is 0.257 e. The summed E-state index contributed by atoms with van der Waals surface area (Å²) in [4.78, 5) is 18.2. The van der Waals surface area contributed by atoms with Crippen molar-refractivity contribution < 1.29 is 9.53 Å². The van der Waals surface area contributed by atoms with Gasteiger partial charge in [-0.1, -0.05) is 29.8 Å². The third-order valence-electron chi connectivity index (χ3n) is 3.26. The average Bonchev–Trinajstić information content (AvgIpc) is 2.60. The van der Waals surface area contributed by atoms with Crippen LogP contribution in [-0.2, 0) is 11.3 Å². The third-order valence-corrected chi connectivity index (χ3v) is 3.97. The Labute approximate surface area is 153 Å². The molecule has 0 fully saturated rings. The Morgan fingerprint density at radius 2 is 2.08 bits per heavy atom. The van der Waals surface area contributed by atoms with Gasteiger partial charge in [-0.25, -0.2) is 0 Å². The first kappa shape index (κ1) is 20.5. The van der Waals surface area contributed by atoms with Crippen molar-refractivity contribution in [3.05, 3.63) is 41.5 Å². The number of thioether (sulfide) groups is 1. The lowest BCUT2D eigenvalue weighted by Crippen LogP contribution is -2.37. The number of hydrogen-bond donors (Lipinski definition) is 1. The number of likely N-dealkylation sites (N-methyl/N-ethyl adjacent to an activating group) is 1. The number of allylic oxidation sites excluding steroid dienone is 1. The van der Waals surface area contributed by atoms with E-state index in [4.69, 9.17) is 16.3 Å². The molecule has 0 heterocycles. The number of aliphatic imine (C=N–C) groups is 1. The minimum Gasteiger partial charge on any atom is -0.497 e. The fraction of sp³-hybridized carbons (Fsp3) is 0.412. The normalized spacial score (nSPS) is 12.2. The summed E-state index contributed by atoms with van der Waals surface area (Å²) >= 11 is 7.66. The summed E-state index contributed by atoms with van der Waals surface area (Å²) in [5, 5.41) is 3.48. The van der Waals surface area contributed by atoms with E-state index in [0.29, 0.717) is 24.7 Å². The van der Waals surface area contributed by atoms with E-state index in [1.807, 2.05) is 30.5 Å². The molecular formula is C17H24ClN3O2S. The van der Waals surface area contributed by atoms with E-state index in [0.717, 1.165) is 11.3 Å². The van der Waals surface area contributed by atoms with Crippen molar-refractivity contribution >= 4 is 34.4 Å². The number of methoxy groups -OCH3 is 1. The molecule has 0 aliphatic carbocycles. The zero-order valence-electron chi connectivity index (χ0n) is 14.5. The Bertz CT molecular complexity index is 588. The van der Waals surface area contributed by atoms with Gasteiger partial charge in [-0.05, 0) is 30.9 Å². The molecule has 1 N–H and O–H groups in total. The number of hydrogen-bond acceptors (Lipinski definition) is 5. The lowest BCUT2D eigenvalue weighted by atomic mass is 10.2. The van der Waals surface area contributed by atoms with Crippen molar-refractivity contribution in [1.29, 1.82) is 0 Å². The van der Waals surface area contributed by atoms with Crippen LogP contribution < -0.4 is 10.1 Å². The molecule has 5 nitrogen and oxygen atoms in total. The van der Waals surface area contributed by atoms with Gasteiger partial charge < -0.3 is 9.64 Å². The lowest BCUT2D eigenvalue weighted by molar-refractivity contribution is -0.125. The molecular weight excluding hydrogens is 346 g/mol. The number of carbonyl (C=O) groups excluding carboxylic acids is 1. The molecule has 0 aliphatic rings. The van der Waals surface area contributed by atoms with Gasteiger partial charge in [0.05, 0.1) is 25.2 Å². The zero-order valence-corrected chi connectivity index (χ0v) is 16.1. The van der Waals surface area contributed by atoms with E-state index in [-0.39, 0.29) is 11.1 Å². The van der Waals surface area contributed by atoms with Gasteiger partial charge in [0.15, 0.2) is 0 Å². The van der Waals surface area contributed by atoms with Crippen molar-refractivity contribution in [1.82, 2.24) is 10.2 Å². The van der Waals surface area contributed by atoms with Crippen LogP contribution in [0.25, 0.3) is 0 Å². The van der Waals surface area contributed by atoms with Gasteiger partial charge >= 0.3 is 0 Å². The fourth-order valence-electron chi connectivity index (χ4n) is 1.93. The van der Waals surface area contributed by atoms with Crippen LogP contribution in [0.2, 0.25) is 0 Å². The van der Waals surface area contributed by atoms with Crippen molar-refractivity contribution in [3.63, 3.8) is 0 Å². The minimum absolute atomic E-state index is 0.158. The van der Waals surface area contributed by atoms with Crippen molar-refractivity contribution in [2.75, 3.05) is 33.0 Å². The standard InChI is InChI=1S/C17H24ClN3O2S/c1-5-15(16(18)20-12-24-4)17(22)21(2)11-19-10-13-6-8-14(23-3)9-7-13/h5-9,19H,10-12H2,1-4H3/b15-5+,20-16?. The third kappa shape index (κ3) is 6.55. The maximum absolute atomic E-state index is 12.4. The quantitative estimate of drug-likeness (QED) is 0.413. The van der Waals surface area contributed by atoms with Crippen LogP contribution >= 0.6 is 23.4 Å². The Kier molecular flexibility index (Phi) is 9.52. The second-order valence-electron chi connectivity index (χ2n) is 5.01. The molecule has 0 unspecified atom stereocenters. The fourth-order valence-corrected chi connectivity index (χ4v) is 2.50. The molecule has 0 atom stereocenters. The monoisotopic (exact) mass is 369 g/mol. The van der Waals surface area contributed by atoms with Gasteiger partial charge in [-0.2, -0.15) is 0 Å². The number of ether oxygens (including phenoxy) is 1. The average molecular weight is 370 g/mol. The number of nitrogens with zero attached hydrogens (tertiary/aromatic N) is 2. The first-order valence-electron chi connectivity index (χ1n) is 7.48. The van der Waals surface area contributed by atoms with E-state index < -0.39 is 0 Å². The summed E-state index contributed by atoms with van der Waals surface area (Å²) < 4.78 is 5.13. The summed E-state index contributed by atoms with van der Waals surface area (Å²) in [5.41, 5.74) is 1.53. The number of carbonyl (C=O) groups is 1. The second kappa shape index (κ2) is 11.1. The highest BCUT2D eigenvalue weighted by Crippen LogP contribution is 2.11. The predicted octanol–water partition coefficient (Wildman–Crippen LogP) is 3.10. The SMILES string of the molecule is C/C=C(/C(=O)N(C)CNCc1ccc(OC)cc1)C(Cl)=NCSC. The Morgan fingerprint density at radius 3 is 2.62 bits per heavy atom. The molecule has 7 heteroatoms. The van der Waals surface area contributed by atoms with Gasteiger partial charge in [-0.3, -0.25) is 15.1 Å². The Hall–Kier alpha value is -1.50. The molecule has 0 spiro atoms. The Balaban J connectivity index is 2.53. The molecule has 0 bridgehead atoms. The minimum atomic E-state index is -0.158. The topological polar surface area (TPSA) is 53.9 Å². The molecule has 0 saturated heterocycles.